The minimum atomic E-state index is 1.04. The van der Waals surface area contributed by atoms with Gasteiger partial charge in [-0.25, -0.2) is 9.97 Å². The summed E-state index contributed by atoms with van der Waals surface area (Å²) in [6.45, 7) is 7.77. The fourth-order valence-electron chi connectivity index (χ4n) is 3.71. The molecule has 0 unspecified atom stereocenters. The lowest BCUT2D eigenvalue weighted by atomic mass is 10.1. The molecule has 0 saturated carbocycles. The second kappa shape index (κ2) is 6.57. The Kier molecular flexibility index (Phi) is 4.31. The van der Waals surface area contributed by atoms with Gasteiger partial charge in [-0.1, -0.05) is 0 Å². The Bertz CT molecular complexity index is 675. The molecule has 0 bridgehead atoms. The number of thiophene rings is 1. The third-order valence-electron chi connectivity index (χ3n) is 4.94. The van der Waals surface area contributed by atoms with Crippen molar-refractivity contribution < 1.29 is 0 Å². The van der Waals surface area contributed by atoms with Crippen LogP contribution in [0.4, 0.5) is 5.82 Å². The van der Waals surface area contributed by atoms with Crippen LogP contribution < -0.4 is 4.90 Å². The normalized spacial score (nSPS) is 18.9. The number of nitrogens with zero attached hydrogens (tertiary/aromatic N) is 4. The van der Waals surface area contributed by atoms with E-state index in [1.807, 2.05) is 11.3 Å². The number of aromatic nitrogens is 2. The van der Waals surface area contributed by atoms with Crippen molar-refractivity contribution >= 4 is 17.2 Å². The molecule has 122 valence electrons. The van der Waals surface area contributed by atoms with Gasteiger partial charge in [-0.05, 0) is 38.3 Å². The molecule has 1 fully saturated rings. The van der Waals surface area contributed by atoms with E-state index in [1.165, 1.54) is 39.7 Å². The van der Waals surface area contributed by atoms with Gasteiger partial charge in [-0.2, -0.15) is 0 Å². The highest BCUT2D eigenvalue weighted by molar-refractivity contribution is 7.11. The molecule has 5 heteroatoms. The van der Waals surface area contributed by atoms with Gasteiger partial charge < -0.3 is 4.90 Å². The first-order valence-corrected chi connectivity index (χ1v) is 9.46. The van der Waals surface area contributed by atoms with Crippen LogP contribution in [0.5, 0.6) is 0 Å². The first-order chi connectivity index (χ1) is 11.3. The van der Waals surface area contributed by atoms with Gasteiger partial charge >= 0.3 is 0 Å². The molecule has 2 aromatic rings. The molecule has 0 aromatic carbocycles. The quantitative estimate of drug-likeness (QED) is 0.867. The predicted molar refractivity (Wildman–Crippen MR) is 95.2 cm³/mol. The lowest BCUT2D eigenvalue weighted by Gasteiger charge is -2.21. The van der Waals surface area contributed by atoms with Gasteiger partial charge in [0, 0.05) is 54.5 Å². The highest BCUT2D eigenvalue weighted by Crippen LogP contribution is 2.27. The van der Waals surface area contributed by atoms with Gasteiger partial charge in [0.15, 0.2) is 0 Å². The fraction of sp³-hybridized carbons (Fsp3) is 0.556. The molecule has 23 heavy (non-hydrogen) atoms. The van der Waals surface area contributed by atoms with Crippen LogP contribution in [-0.4, -0.2) is 41.0 Å². The van der Waals surface area contributed by atoms with Crippen molar-refractivity contribution in [2.75, 3.05) is 31.1 Å². The Hall–Kier alpha value is -1.46. The predicted octanol–water partition coefficient (Wildman–Crippen LogP) is 3.05. The van der Waals surface area contributed by atoms with Gasteiger partial charge in [-0.3, -0.25) is 4.90 Å². The average Bonchev–Trinajstić information content (AvgIpc) is 3.17. The van der Waals surface area contributed by atoms with Crippen LogP contribution in [-0.2, 0) is 19.4 Å². The second-order valence-electron chi connectivity index (χ2n) is 6.61. The number of hydrogen-bond donors (Lipinski definition) is 0. The average molecular weight is 328 g/mol. The molecule has 0 atom stereocenters. The summed E-state index contributed by atoms with van der Waals surface area (Å²) in [6, 6.07) is 4.50. The molecule has 0 N–H and O–H groups in total. The van der Waals surface area contributed by atoms with Crippen molar-refractivity contribution in [3.05, 3.63) is 39.5 Å². The maximum absolute atomic E-state index is 4.63. The summed E-state index contributed by atoms with van der Waals surface area (Å²) < 4.78 is 0. The third-order valence-corrected chi connectivity index (χ3v) is 5.92. The zero-order valence-electron chi connectivity index (χ0n) is 13.8. The molecule has 4 rings (SSSR count). The van der Waals surface area contributed by atoms with E-state index in [0.29, 0.717) is 0 Å². The van der Waals surface area contributed by atoms with Crippen molar-refractivity contribution in [2.24, 2.45) is 0 Å². The van der Waals surface area contributed by atoms with E-state index in [0.717, 1.165) is 45.6 Å². The minimum absolute atomic E-state index is 1.04. The van der Waals surface area contributed by atoms with Crippen LogP contribution in [0, 0.1) is 6.92 Å². The van der Waals surface area contributed by atoms with E-state index < -0.39 is 0 Å². The molecular weight excluding hydrogens is 304 g/mol. The molecule has 4 nitrogen and oxygen atoms in total. The van der Waals surface area contributed by atoms with Crippen molar-refractivity contribution in [2.45, 2.75) is 39.2 Å². The van der Waals surface area contributed by atoms with E-state index in [1.54, 1.807) is 6.33 Å². The SMILES string of the molecule is Cc1ccc(CN2CCc3ncnc(N4CCCC4)c3CC2)s1. The molecule has 0 spiro atoms. The van der Waals surface area contributed by atoms with Crippen molar-refractivity contribution in [1.29, 1.82) is 0 Å². The van der Waals surface area contributed by atoms with E-state index in [-0.39, 0.29) is 0 Å². The lowest BCUT2D eigenvalue weighted by Crippen LogP contribution is -2.25. The number of fused-ring (bicyclic) bond motifs is 1. The summed E-state index contributed by atoms with van der Waals surface area (Å²) in [6.07, 6.45) is 6.48. The summed E-state index contributed by atoms with van der Waals surface area (Å²) in [5.74, 6) is 1.21. The second-order valence-corrected chi connectivity index (χ2v) is 7.98. The van der Waals surface area contributed by atoms with Gasteiger partial charge in [0.1, 0.15) is 12.1 Å². The topological polar surface area (TPSA) is 32.3 Å². The maximum Gasteiger partial charge on any atom is 0.135 e. The van der Waals surface area contributed by atoms with Crippen molar-refractivity contribution in [3.63, 3.8) is 0 Å². The molecule has 4 heterocycles. The van der Waals surface area contributed by atoms with Crippen LogP contribution in [0.1, 0.15) is 33.9 Å². The molecule has 2 aliphatic rings. The van der Waals surface area contributed by atoms with Crippen molar-refractivity contribution in [1.82, 2.24) is 14.9 Å². The van der Waals surface area contributed by atoms with E-state index >= 15 is 0 Å². The Balaban J connectivity index is 1.50. The monoisotopic (exact) mass is 328 g/mol. The van der Waals surface area contributed by atoms with E-state index in [9.17, 15) is 0 Å². The first-order valence-electron chi connectivity index (χ1n) is 8.65. The maximum atomic E-state index is 4.63. The summed E-state index contributed by atoms with van der Waals surface area (Å²) in [7, 11) is 0. The van der Waals surface area contributed by atoms with Gasteiger partial charge in [0.05, 0.1) is 5.69 Å². The van der Waals surface area contributed by atoms with Crippen LogP contribution in [0.2, 0.25) is 0 Å². The molecule has 2 aromatic heterocycles. The van der Waals surface area contributed by atoms with Gasteiger partial charge in [-0.15, -0.1) is 11.3 Å². The highest BCUT2D eigenvalue weighted by atomic mass is 32.1. The first kappa shape index (κ1) is 15.1. The van der Waals surface area contributed by atoms with E-state index in [2.05, 4.69) is 38.8 Å². The minimum Gasteiger partial charge on any atom is -0.356 e. The smallest absolute Gasteiger partial charge is 0.135 e. The largest absolute Gasteiger partial charge is 0.356 e. The van der Waals surface area contributed by atoms with Crippen molar-refractivity contribution in [3.8, 4) is 0 Å². The molecule has 2 aliphatic heterocycles. The summed E-state index contributed by atoms with van der Waals surface area (Å²) in [5, 5.41) is 0. The zero-order chi connectivity index (χ0) is 15.6. The van der Waals surface area contributed by atoms with Gasteiger partial charge in [0.2, 0.25) is 0 Å². The Morgan fingerprint density at radius 2 is 1.87 bits per heavy atom. The Morgan fingerprint density at radius 1 is 1.04 bits per heavy atom. The van der Waals surface area contributed by atoms with Crippen LogP contribution in [0.3, 0.4) is 0 Å². The standard InChI is InChI=1S/C18H24N4S/c1-14-4-5-15(23-14)12-21-10-6-16-17(7-11-21)19-13-20-18(16)22-8-2-3-9-22/h4-5,13H,2-3,6-12H2,1H3. The lowest BCUT2D eigenvalue weighted by molar-refractivity contribution is 0.281. The number of aryl methyl sites for hydroxylation is 1. The fourth-order valence-corrected chi connectivity index (χ4v) is 4.64. The summed E-state index contributed by atoms with van der Waals surface area (Å²) in [5.41, 5.74) is 2.67. The number of anilines is 1. The van der Waals surface area contributed by atoms with Gasteiger partial charge in [0.25, 0.3) is 0 Å². The molecule has 0 radical (unpaired) electrons. The van der Waals surface area contributed by atoms with Crippen LogP contribution >= 0.6 is 11.3 Å². The molecular formula is C18H24N4S. The molecule has 0 aliphatic carbocycles. The Morgan fingerprint density at radius 3 is 2.65 bits per heavy atom. The Labute approximate surface area is 142 Å². The van der Waals surface area contributed by atoms with E-state index in [4.69, 9.17) is 0 Å². The highest BCUT2D eigenvalue weighted by Gasteiger charge is 2.23. The molecule has 1 saturated heterocycles. The summed E-state index contributed by atoms with van der Waals surface area (Å²) in [4.78, 5) is 17.1. The third kappa shape index (κ3) is 3.26. The van der Waals surface area contributed by atoms with Crippen LogP contribution in [0.15, 0.2) is 18.5 Å². The van der Waals surface area contributed by atoms with Crippen LogP contribution in [0.25, 0.3) is 0 Å². The summed E-state index contributed by atoms with van der Waals surface area (Å²) >= 11 is 1.92. The number of hydrogen-bond acceptors (Lipinski definition) is 5. The number of rotatable bonds is 3. The zero-order valence-corrected chi connectivity index (χ0v) is 14.6. The molecule has 0 amide bonds.